The number of hydrogen-bond acceptors (Lipinski definition) is 6. The standard InChI is InChI=1S/C28H28N6O3/c1-33(2)27(36)20-5-3-4-18(16-20)6-11-23-25-22(28(37)34-14-12-29-13-15-34)17-24(30-26(25)32-31-23)19-7-9-21(35)10-8-19/h3-11,16-17,29,35H,12-15H2,1-2H3,(H,30,31,32)/b11-6+. The highest BCUT2D eigenvalue weighted by molar-refractivity contribution is 6.09. The molecule has 2 aromatic heterocycles. The van der Waals surface area contributed by atoms with E-state index in [0.717, 1.165) is 24.2 Å². The van der Waals surface area contributed by atoms with Crippen molar-refractivity contribution in [2.75, 3.05) is 40.3 Å². The SMILES string of the molecule is CN(C)C(=O)c1cccc(/C=C/c2[nH]nc3nc(-c4ccc(O)cc4)cc(C(=O)N4CCNCC4)c23)c1. The number of hydrogen-bond donors (Lipinski definition) is 3. The Morgan fingerprint density at radius 1 is 1.03 bits per heavy atom. The van der Waals surface area contributed by atoms with Gasteiger partial charge >= 0.3 is 0 Å². The van der Waals surface area contributed by atoms with Gasteiger partial charge in [0.25, 0.3) is 11.8 Å². The first-order chi connectivity index (χ1) is 17.9. The van der Waals surface area contributed by atoms with E-state index in [2.05, 4.69) is 15.5 Å². The van der Waals surface area contributed by atoms with Gasteiger partial charge in [-0.25, -0.2) is 4.98 Å². The van der Waals surface area contributed by atoms with Crippen LogP contribution in [0.5, 0.6) is 5.75 Å². The number of benzene rings is 2. The molecule has 37 heavy (non-hydrogen) atoms. The molecule has 0 unspecified atom stereocenters. The van der Waals surface area contributed by atoms with Crippen molar-refractivity contribution in [1.29, 1.82) is 0 Å². The average Bonchev–Trinajstić information content (AvgIpc) is 3.34. The average molecular weight is 497 g/mol. The van der Waals surface area contributed by atoms with Crippen LogP contribution < -0.4 is 5.32 Å². The molecule has 9 nitrogen and oxygen atoms in total. The Morgan fingerprint density at radius 2 is 1.78 bits per heavy atom. The van der Waals surface area contributed by atoms with Crippen LogP contribution in [0.1, 0.15) is 32.0 Å². The third-order valence-electron chi connectivity index (χ3n) is 6.33. The molecule has 0 atom stereocenters. The van der Waals surface area contributed by atoms with Gasteiger partial charge in [0.05, 0.1) is 22.3 Å². The Bertz CT molecular complexity index is 1480. The molecular weight excluding hydrogens is 468 g/mol. The predicted molar refractivity (Wildman–Crippen MR) is 143 cm³/mol. The number of piperazine rings is 1. The van der Waals surface area contributed by atoms with Gasteiger partial charge in [0.15, 0.2) is 5.65 Å². The lowest BCUT2D eigenvalue weighted by Gasteiger charge is -2.27. The van der Waals surface area contributed by atoms with Crippen molar-refractivity contribution in [3.05, 3.63) is 77.0 Å². The van der Waals surface area contributed by atoms with E-state index in [9.17, 15) is 14.7 Å². The van der Waals surface area contributed by atoms with Crippen LogP contribution in [0.25, 0.3) is 34.4 Å². The number of aromatic nitrogens is 3. The van der Waals surface area contributed by atoms with E-state index >= 15 is 0 Å². The fourth-order valence-electron chi connectivity index (χ4n) is 4.37. The monoisotopic (exact) mass is 496 g/mol. The number of H-pyrrole nitrogens is 1. The summed E-state index contributed by atoms with van der Waals surface area (Å²) in [5.74, 6) is 0.00569. The van der Waals surface area contributed by atoms with E-state index in [1.807, 2.05) is 35.3 Å². The fraction of sp³-hybridized carbons (Fsp3) is 0.214. The van der Waals surface area contributed by atoms with Gasteiger partial charge in [-0.2, -0.15) is 5.10 Å². The number of carbonyl (C=O) groups is 2. The van der Waals surface area contributed by atoms with Gasteiger partial charge in [-0.1, -0.05) is 18.2 Å². The molecule has 1 saturated heterocycles. The van der Waals surface area contributed by atoms with Crippen molar-refractivity contribution in [3.8, 4) is 17.0 Å². The number of nitrogens with one attached hydrogen (secondary N) is 2. The molecule has 4 aromatic rings. The number of rotatable bonds is 5. The number of phenols is 1. The van der Waals surface area contributed by atoms with E-state index in [1.54, 1.807) is 50.5 Å². The molecule has 1 fully saturated rings. The number of fused-ring (bicyclic) bond motifs is 1. The third-order valence-corrected chi connectivity index (χ3v) is 6.33. The van der Waals surface area contributed by atoms with E-state index < -0.39 is 0 Å². The largest absolute Gasteiger partial charge is 0.508 e. The zero-order valence-electron chi connectivity index (χ0n) is 20.7. The predicted octanol–water partition coefficient (Wildman–Crippen LogP) is 3.25. The van der Waals surface area contributed by atoms with Crippen LogP contribution in [0.4, 0.5) is 0 Å². The second-order valence-corrected chi connectivity index (χ2v) is 9.14. The fourth-order valence-corrected chi connectivity index (χ4v) is 4.37. The van der Waals surface area contributed by atoms with Gasteiger partial charge in [0, 0.05) is 51.4 Å². The first-order valence-electron chi connectivity index (χ1n) is 12.1. The van der Waals surface area contributed by atoms with Crippen LogP contribution in [0.15, 0.2) is 54.6 Å². The summed E-state index contributed by atoms with van der Waals surface area (Å²) in [6.07, 6.45) is 3.73. The molecule has 0 radical (unpaired) electrons. The third kappa shape index (κ3) is 5.07. The maximum atomic E-state index is 13.7. The Balaban J connectivity index is 1.57. The minimum absolute atomic E-state index is 0.0721. The second kappa shape index (κ2) is 10.2. The van der Waals surface area contributed by atoms with Gasteiger partial charge in [-0.05, 0) is 54.1 Å². The molecule has 2 aromatic carbocycles. The zero-order chi connectivity index (χ0) is 25.9. The summed E-state index contributed by atoms with van der Waals surface area (Å²) >= 11 is 0. The maximum Gasteiger partial charge on any atom is 0.254 e. The molecule has 9 heteroatoms. The van der Waals surface area contributed by atoms with E-state index in [0.29, 0.717) is 46.6 Å². The van der Waals surface area contributed by atoms with Crippen LogP contribution in [-0.2, 0) is 0 Å². The van der Waals surface area contributed by atoms with Crippen molar-refractivity contribution in [3.63, 3.8) is 0 Å². The number of pyridine rings is 1. The van der Waals surface area contributed by atoms with Gasteiger partial charge < -0.3 is 20.2 Å². The van der Waals surface area contributed by atoms with Crippen molar-refractivity contribution in [2.24, 2.45) is 0 Å². The summed E-state index contributed by atoms with van der Waals surface area (Å²) in [6.45, 7) is 2.72. The van der Waals surface area contributed by atoms with Crippen LogP contribution in [-0.4, -0.2) is 82.2 Å². The first kappa shape index (κ1) is 24.2. The quantitative estimate of drug-likeness (QED) is 0.391. The molecular formula is C28H28N6O3. The van der Waals surface area contributed by atoms with Gasteiger partial charge in [-0.3, -0.25) is 14.7 Å². The molecule has 188 valence electrons. The normalized spacial score (nSPS) is 13.8. The lowest BCUT2D eigenvalue weighted by atomic mass is 10.0. The molecule has 5 rings (SSSR count). The number of carbonyl (C=O) groups excluding carboxylic acids is 2. The molecule has 0 saturated carbocycles. The van der Waals surface area contributed by atoms with E-state index in [4.69, 9.17) is 4.98 Å². The summed E-state index contributed by atoms with van der Waals surface area (Å²) in [4.78, 5) is 34.1. The summed E-state index contributed by atoms with van der Waals surface area (Å²) in [7, 11) is 3.44. The number of phenolic OH excluding ortho intramolecular Hbond substituents is 1. The van der Waals surface area contributed by atoms with Gasteiger partial charge in [-0.15, -0.1) is 0 Å². The maximum absolute atomic E-state index is 13.7. The highest BCUT2D eigenvalue weighted by atomic mass is 16.3. The molecule has 3 N–H and O–H groups in total. The lowest BCUT2D eigenvalue weighted by molar-refractivity contribution is 0.0737. The molecule has 0 spiro atoms. The Morgan fingerprint density at radius 3 is 2.51 bits per heavy atom. The van der Waals surface area contributed by atoms with Gasteiger partial charge in [0.1, 0.15) is 5.75 Å². The minimum Gasteiger partial charge on any atom is -0.508 e. The van der Waals surface area contributed by atoms with Crippen molar-refractivity contribution in [2.45, 2.75) is 0 Å². The molecule has 0 aliphatic carbocycles. The van der Waals surface area contributed by atoms with Crippen LogP contribution in [0.2, 0.25) is 0 Å². The smallest absolute Gasteiger partial charge is 0.254 e. The van der Waals surface area contributed by atoms with Crippen LogP contribution in [0.3, 0.4) is 0 Å². The number of aromatic amines is 1. The van der Waals surface area contributed by atoms with E-state index in [1.165, 1.54) is 4.90 Å². The highest BCUT2D eigenvalue weighted by Gasteiger charge is 2.24. The van der Waals surface area contributed by atoms with Crippen molar-refractivity contribution in [1.82, 2.24) is 30.3 Å². The number of nitrogens with zero attached hydrogens (tertiary/aromatic N) is 4. The van der Waals surface area contributed by atoms with E-state index in [-0.39, 0.29) is 17.6 Å². The summed E-state index contributed by atoms with van der Waals surface area (Å²) in [5, 5.41) is 21.0. The molecule has 0 bridgehead atoms. The molecule has 1 aliphatic heterocycles. The molecule has 3 heterocycles. The van der Waals surface area contributed by atoms with Crippen molar-refractivity contribution < 1.29 is 14.7 Å². The zero-order valence-corrected chi connectivity index (χ0v) is 20.7. The second-order valence-electron chi connectivity index (χ2n) is 9.14. The van der Waals surface area contributed by atoms with Crippen LogP contribution in [0, 0.1) is 0 Å². The lowest BCUT2D eigenvalue weighted by Crippen LogP contribution is -2.46. The molecule has 1 aliphatic rings. The summed E-state index contributed by atoms with van der Waals surface area (Å²) in [5.41, 5.74) is 4.41. The first-order valence-corrected chi connectivity index (χ1v) is 12.1. The van der Waals surface area contributed by atoms with Crippen molar-refractivity contribution >= 4 is 35.0 Å². The number of amides is 2. The number of aromatic hydroxyl groups is 1. The minimum atomic E-state index is -0.0800. The molecule has 2 amide bonds. The highest BCUT2D eigenvalue weighted by Crippen LogP contribution is 2.29. The topological polar surface area (TPSA) is 114 Å². The Kier molecular flexibility index (Phi) is 6.70. The summed E-state index contributed by atoms with van der Waals surface area (Å²) < 4.78 is 0. The van der Waals surface area contributed by atoms with Gasteiger partial charge in [0.2, 0.25) is 0 Å². The van der Waals surface area contributed by atoms with Crippen LogP contribution >= 0.6 is 0 Å². The summed E-state index contributed by atoms with van der Waals surface area (Å²) in [6, 6.07) is 15.9. The Labute approximate surface area is 214 Å². The Hall–Kier alpha value is -4.50.